The lowest BCUT2D eigenvalue weighted by atomic mass is 9.95. The molecule has 1 saturated heterocycles. The summed E-state index contributed by atoms with van der Waals surface area (Å²) in [6, 6.07) is 9.80. The first-order valence-electron chi connectivity index (χ1n) is 7.46. The fraction of sp³-hybridized carbons (Fsp3) is 0.600. The van der Waals surface area contributed by atoms with E-state index in [9.17, 15) is 0 Å². The summed E-state index contributed by atoms with van der Waals surface area (Å²) in [5, 5.41) is 2.49. The molecule has 4 N–H and O–H groups in total. The molecule has 1 fully saturated rings. The molecule has 0 bridgehead atoms. The molecular weight excluding hydrogens is 222 g/mol. The third-order valence-electron chi connectivity index (χ3n) is 4.79. The van der Waals surface area contributed by atoms with Crippen LogP contribution in [-0.4, -0.2) is 39.3 Å². The summed E-state index contributed by atoms with van der Waals surface area (Å²) in [5.74, 6) is 0. The van der Waals surface area contributed by atoms with Gasteiger partial charge in [-0.25, -0.2) is 0 Å². The van der Waals surface area contributed by atoms with Gasteiger partial charge in [0.1, 0.15) is 39.3 Å². The molecule has 3 heteroatoms. The first-order valence-corrected chi connectivity index (χ1v) is 7.46. The number of quaternary nitrogens is 3. The zero-order valence-corrected chi connectivity index (χ0v) is 11.4. The monoisotopic (exact) mass is 248 g/mol. The Morgan fingerprint density at radius 1 is 1.17 bits per heavy atom. The Balaban J connectivity index is 1.74. The Kier molecular flexibility index (Phi) is 3.64. The molecule has 18 heavy (non-hydrogen) atoms. The van der Waals surface area contributed by atoms with Gasteiger partial charge in [-0.15, -0.1) is 0 Å². The zero-order chi connectivity index (χ0) is 12.4. The van der Waals surface area contributed by atoms with Crippen molar-refractivity contribution in [3.8, 4) is 0 Å². The lowest BCUT2D eigenvalue weighted by Crippen LogP contribution is -3.28. The van der Waals surface area contributed by atoms with Crippen LogP contribution in [-0.2, 0) is 6.54 Å². The van der Waals surface area contributed by atoms with Gasteiger partial charge in [-0.05, 0) is 6.92 Å². The van der Waals surface area contributed by atoms with Crippen LogP contribution in [0.3, 0.4) is 0 Å². The normalized spacial score (nSPS) is 31.9. The van der Waals surface area contributed by atoms with Crippen molar-refractivity contribution in [2.45, 2.75) is 19.5 Å². The molecule has 0 unspecified atom stereocenters. The van der Waals surface area contributed by atoms with E-state index in [4.69, 9.17) is 0 Å². The van der Waals surface area contributed by atoms with Crippen LogP contribution >= 0.6 is 0 Å². The number of hydrogen-bond acceptors (Lipinski definition) is 0. The molecule has 0 aliphatic carbocycles. The summed E-state index contributed by atoms with van der Waals surface area (Å²) < 4.78 is 0. The molecule has 98 valence electrons. The Morgan fingerprint density at radius 3 is 2.72 bits per heavy atom. The maximum Gasteiger partial charge on any atom is 0.163 e. The summed E-state index contributed by atoms with van der Waals surface area (Å²) in [6.07, 6.45) is 0. The van der Waals surface area contributed by atoms with E-state index in [0.29, 0.717) is 0 Å². The fourth-order valence-electron chi connectivity index (χ4n) is 3.61. The van der Waals surface area contributed by atoms with Gasteiger partial charge in [0.05, 0.1) is 6.54 Å². The SMILES string of the molecule is CC[NH+]1CC[NH+]([C@H]2C[NH2+]Cc3ccccc32)CC1. The third-order valence-corrected chi connectivity index (χ3v) is 4.79. The van der Waals surface area contributed by atoms with Crippen molar-refractivity contribution in [2.75, 3.05) is 39.3 Å². The van der Waals surface area contributed by atoms with Gasteiger partial charge >= 0.3 is 0 Å². The van der Waals surface area contributed by atoms with Crippen molar-refractivity contribution < 1.29 is 15.1 Å². The average molecular weight is 248 g/mol. The summed E-state index contributed by atoms with van der Waals surface area (Å²) in [7, 11) is 0. The van der Waals surface area contributed by atoms with E-state index in [1.54, 1.807) is 16.0 Å². The van der Waals surface area contributed by atoms with Gasteiger partial charge in [-0.1, -0.05) is 24.3 Å². The van der Waals surface area contributed by atoms with Crippen LogP contribution in [0.4, 0.5) is 0 Å². The second kappa shape index (κ2) is 5.39. The van der Waals surface area contributed by atoms with Crippen molar-refractivity contribution >= 4 is 0 Å². The standard InChI is InChI=1S/C15H23N3/c1-2-17-7-9-18(10-8-17)15-12-16-11-13-5-3-4-6-14(13)15/h3-6,15-16H,2,7-12H2,1H3/p+3/t15-/m0/s1. The van der Waals surface area contributed by atoms with Crippen molar-refractivity contribution in [1.29, 1.82) is 0 Å². The van der Waals surface area contributed by atoms with Crippen LogP contribution in [0.15, 0.2) is 24.3 Å². The number of rotatable bonds is 2. The molecule has 1 aromatic carbocycles. The number of nitrogens with two attached hydrogens (primary N) is 1. The summed E-state index contributed by atoms with van der Waals surface area (Å²) >= 11 is 0. The Labute approximate surface area is 110 Å². The Morgan fingerprint density at radius 2 is 1.94 bits per heavy atom. The lowest BCUT2D eigenvalue weighted by Gasteiger charge is -2.35. The molecule has 1 atom stereocenters. The predicted molar refractivity (Wildman–Crippen MR) is 71.6 cm³/mol. The summed E-state index contributed by atoms with van der Waals surface area (Å²) in [5.41, 5.74) is 3.18. The van der Waals surface area contributed by atoms with E-state index in [1.165, 1.54) is 45.8 Å². The molecule has 0 aromatic heterocycles. The van der Waals surface area contributed by atoms with E-state index in [-0.39, 0.29) is 0 Å². The molecule has 0 amide bonds. The maximum absolute atomic E-state index is 2.49. The van der Waals surface area contributed by atoms with E-state index >= 15 is 0 Å². The minimum absolute atomic E-state index is 0.730. The van der Waals surface area contributed by atoms with Gasteiger partial charge < -0.3 is 15.1 Å². The number of fused-ring (bicyclic) bond motifs is 1. The van der Waals surface area contributed by atoms with Gasteiger partial charge in [0.2, 0.25) is 0 Å². The summed E-state index contributed by atoms with van der Waals surface area (Å²) in [6.45, 7) is 11.4. The molecule has 1 aromatic rings. The summed E-state index contributed by atoms with van der Waals surface area (Å²) in [4.78, 5) is 3.60. The Bertz CT molecular complexity index is 396. The predicted octanol–water partition coefficient (Wildman–Crippen LogP) is -2.39. The molecule has 0 saturated carbocycles. The second-order valence-electron chi connectivity index (χ2n) is 5.74. The minimum Gasteiger partial charge on any atom is -0.337 e. The molecule has 2 heterocycles. The van der Waals surface area contributed by atoms with Crippen molar-refractivity contribution in [3.05, 3.63) is 35.4 Å². The molecule has 0 radical (unpaired) electrons. The van der Waals surface area contributed by atoms with Gasteiger partial charge in [-0.3, -0.25) is 0 Å². The van der Waals surface area contributed by atoms with Gasteiger partial charge in [-0.2, -0.15) is 0 Å². The zero-order valence-electron chi connectivity index (χ0n) is 11.4. The average Bonchev–Trinajstić information content (AvgIpc) is 2.47. The number of hydrogen-bond donors (Lipinski definition) is 3. The smallest absolute Gasteiger partial charge is 0.163 e. The molecule has 0 spiro atoms. The lowest BCUT2D eigenvalue weighted by molar-refractivity contribution is -1.03. The van der Waals surface area contributed by atoms with E-state index < -0.39 is 0 Å². The quantitative estimate of drug-likeness (QED) is 0.521. The van der Waals surface area contributed by atoms with Crippen LogP contribution in [0.25, 0.3) is 0 Å². The minimum atomic E-state index is 0.730. The topological polar surface area (TPSA) is 25.5 Å². The van der Waals surface area contributed by atoms with Gasteiger partial charge in [0.15, 0.2) is 6.04 Å². The third kappa shape index (κ3) is 2.30. The number of nitrogens with one attached hydrogen (secondary N) is 2. The van der Waals surface area contributed by atoms with E-state index in [2.05, 4.69) is 36.5 Å². The van der Waals surface area contributed by atoms with Gasteiger partial charge in [0.25, 0.3) is 0 Å². The molecule has 2 aliphatic rings. The number of piperazine rings is 1. The second-order valence-corrected chi connectivity index (χ2v) is 5.74. The van der Waals surface area contributed by atoms with Crippen molar-refractivity contribution in [2.24, 2.45) is 0 Å². The molecular formula is C15H26N3+3. The highest BCUT2D eigenvalue weighted by atomic mass is 15.3. The highest BCUT2D eigenvalue weighted by Crippen LogP contribution is 2.16. The molecule has 3 rings (SSSR count). The highest BCUT2D eigenvalue weighted by molar-refractivity contribution is 5.29. The van der Waals surface area contributed by atoms with Crippen LogP contribution in [0.5, 0.6) is 0 Å². The largest absolute Gasteiger partial charge is 0.337 e. The van der Waals surface area contributed by atoms with Crippen molar-refractivity contribution in [1.82, 2.24) is 0 Å². The van der Waals surface area contributed by atoms with Crippen LogP contribution < -0.4 is 15.1 Å². The van der Waals surface area contributed by atoms with E-state index in [0.717, 1.165) is 6.04 Å². The van der Waals surface area contributed by atoms with E-state index in [1.807, 2.05) is 4.90 Å². The van der Waals surface area contributed by atoms with Crippen LogP contribution in [0.1, 0.15) is 24.1 Å². The van der Waals surface area contributed by atoms with Crippen LogP contribution in [0, 0.1) is 0 Å². The molecule has 2 aliphatic heterocycles. The Hall–Kier alpha value is -0.900. The van der Waals surface area contributed by atoms with Gasteiger partial charge in [0, 0.05) is 11.1 Å². The highest BCUT2D eigenvalue weighted by Gasteiger charge is 2.34. The van der Waals surface area contributed by atoms with Crippen LogP contribution in [0.2, 0.25) is 0 Å². The first kappa shape index (κ1) is 12.2. The fourth-order valence-corrected chi connectivity index (χ4v) is 3.61. The number of benzene rings is 1. The molecule has 3 nitrogen and oxygen atoms in total. The maximum atomic E-state index is 2.49. The first-order chi connectivity index (χ1) is 8.88. The van der Waals surface area contributed by atoms with Crippen molar-refractivity contribution in [3.63, 3.8) is 0 Å². The number of likely N-dealkylation sites (N-methyl/N-ethyl adjacent to an activating group) is 1.